The summed E-state index contributed by atoms with van der Waals surface area (Å²) in [6, 6.07) is 22.7. The van der Waals surface area contributed by atoms with Crippen molar-refractivity contribution in [1.29, 1.82) is 10.5 Å². The van der Waals surface area contributed by atoms with E-state index in [0.29, 0.717) is 11.1 Å². The maximum atomic E-state index is 9.61. The van der Waals surface area contributed by atoms with Gasteiger partial charge in [-0.2, -0.15) is 10.5 Å². The van der Waals surface area contributed by atoms with Gasteiger partial charge in [0.05, 0.1) is 11.1 Å². The molecule has 0 heterocycles. The van der Waals surface area contributed by atoms with Crippen molar-refractivity contribution in [3.05, 3.63) is 82.4 Å². The van der Waals surface area contributed by atoms with E-state index >= 15 is 0 Å². The average Bonchev–Trinajstić information content (AvgIpc) is 2.97. The highest BCUT2D eigenvalue weighted by Crippen LogP contribution is 2.44. The molecule has 0 aliphatic heterocycles. The standard InChI is InChI=1S/C20H12N2/c21-11-16-9-14-7-4-8-15-10-17(13-5-2-1-3-6-13)20(19(14)15)18(16)12-22/h1-9,17H,10H2. The van der Waals surface area contributed by atoms with Gasteiger partial charge >= 0.3 is 0 Å². The first-order valence-electron chi connectivity index (χ1n) is 7.27. The summed E-state index contributed by atoms with van der Waals surface area (Å²) in [5, 5.41) is 21.2. The lowest BCUT2D eigenvalue weighted by atomic mass is 9.87. The molecule has 3 aromatic rings. The first-order chi connectivity index (χ1) is 10.8. The van der Waals surface area contributed by atoms with Crippen LogP contribution in [0.2, 0.25) is 0 Å². The van der Waals surface area contributed by atoms with Crippen molar-refractivity contribution in [1.82, 2.24) is 0 Å². The van der Waals surface area contributed by atoms with Crippen LogP contribution in [0, 0.1) is 22.7 Å². The molecule has 0 aromatic heterocycles. The van der Waals surface area contributed by atoms with Crippen LogP contribution in [0.4, 0.5) is 0 Å². The van der Waals surface area contributed by atoms with Crippen LogP contribution >= 0.6 is 0 Å². The minimum absolute atomic E-state index is 0.157. The van der Waals surface area contributed by atoms with Gasteiger partial charge in [-0.05, 0) is 39.9 Å². The smallest absolute Gasteiger partial charge is 0.101 e. The third-order valence-corrected chi connectivity index (χ3v) is 4.50. The van der Waals surface area contributed by atoms with E-state index in [-0.39, 0.29) is 5.92 Å². The van der Waals surface area contributed by atoms with Crippen LogP contribution in [0.5, 0.6) is 0 Å². The van der Waals surface area contributed by atoms with Crippen LogP contribution in [0.15, 0.2) is 54.6 Å². The van der Waals surface area contributed by atoms with E-state index < -0.39 is 0 Å². The predicted molar refractivity (Wildman–Crippen MR) is 85.4 cm³/mol. The van der Waals surface area contributed by atoms with E-state index in [1.807, 2.05) is 36.4 Å². The van der Waals surface area contributed by atoms with Crippen LogP contribution in [-0.4, -0.2) is 0 Å². The van der Waals surface area contributed by atoms with Gasteiger partial charge < -0.3 is 0 Å². The van der Waals surface area contributed by atoms with Gasteiger partial charge in [-0.1, -0.05) is 48.5 Å². The molecule has 2 nitrogen and oxygen atoms in total. The molecule has 2 heteroatoms. The van der Waals surface area contributed by atoms with Crippen molar-refractivity contribution < 1.29 is 0 Å². The summed E-state index contributed by atoms with van der Waals surface area (Å²) in [5.74, 6) is 0.157. The monoisotopic (exact) mass is 280 g/mol. The van der Waals surface area contributed by atoms with Crippen LogP contribution in [0.1, 0.15) is 33.7 Å². The third-order valence-electron chi connectivity index (χ3n) is 4.50. The van der Waals surface area contributed by atoms with Gasteiger partial charge in [-0.3, -0.25) is 0 Å². The van der Waals surface area contributed by atoms with E-state index in [9.17, 15) is 10.5 Å². The fourth-order valence-corrected chi connectivity index (χ4v) is 3.59. The molecule has 1 aliphatic carbocycles. The molecule has 1 atom stereocenters. The molecule has 0 amide bonds. The molecule has 0 N–H and O–H groups in total. The summed E-state index contributed by atoms with van der Waals surface area (Å²) in [6.07, 6.45) is 0.889. The SMILES string of the molecule is N#Cc1cc2cccc3c2c(c1C#N)C(c1ccccc1)C3. The molecule has 0 saturated heterocycles. The topological polar surface area (TPSA) is 47.6 Å². The summed E-state index contributed by atoms with van der Waals surface area (Å²) < 4.78 is 0. The Bertz CT molecular complexity index is 972. The molecule has 0 fully saturated rings. The fraction of sp³-hybridized carbons (Fsp3) is 0.100. The number of benzene rings is 3. The molecule has 3 aromatic carbocycles. The zero-order chi connectivity index (χ0) is 15.1. The number of hydrogen-bond donors (Lipinski definition) is 0. The Morgan fingerprint density at radius 2 is 1.73 bits per heavy atom. The number of rotatable bonds is 1. The third kappa shape index (κ3) is 1.65. The predicted octanol–water partition coefficient (Wildman–Crippen LogP) is 4.27. The Morgan fingerprint density at radius 1 is 0.909 bits per heavy atom. The Labute approximate surface area is 128 Å². The van der Waals surface area contributed by atoms with E-state index in [1.54, 1.807) is 0 Å². The summed E-state index contributed by atoms with van der Waals surface area (Å²) >= 11 is 0. The second-order valence-electron chi connectivity index (χ2n) is 5.62. The molecule has 0 spiro atoms. The van der Waals surface area contributed by atoms with E-state index in [0.717, 1.165) is 22.8 Å². The molecule has 0 saturated carbocycles. The highest BCUT2D eigenvalue weighted by atomic mass is 14.4. The average molecular weight is 280 g/mol. The van der Waals surface area contributed by atoms with Gasteiger partial charge in [0, 0.05) is 5.92 Å². The molecule has 1 aliphatic rings. The van der Waals surface area contributed by atoms with Crippen molar-refractivity contribution in [2.45, 2.75) is 12.3 Å². The molecule has 102 valence electrons. The second kappa shape index (κ2) is 4.72. The van der Waals surface area contributed by atoms with Crippen molar-refractivity contribution in [3.63, 3.8) is 0 Å². The minimum atomic E-state index is 0.157. The molecule has 0 radical (unpaired) electrons. The van der Waals surface area contributed by atoms with Gasteiger partial charge in [-0.15, -0.1) is 0 Å². The summed E-state index contributed by atoms with van der Waals surface area (Å²) in [4.78, 5) is 0. The molecular weight excluding hydrogens is 268 g/mol. The maximum absolute atomic E-state index is 9.61. The largest absolute Gasteiger partial charge is 0.192 e. The molecular formula is C20H12N2. The number of nitriles is 2. The molecule has 4 rings (SSSR count). The van der Waals surface area contributed by atoms with E-state index in [2.05, 4.69) is 30.3 Å². The summed E-state index contributed by atoms with van der Waals surface area (Å²) in [7, 11) is 0. The Hall–Kier alpha value is -3.10. The molecule has 1 unspecified atom stereocenters. The first kappa shape index (κ1) is 12.6. The first-order valence-corrected chi connectivity index (χ1v) is 7.27. The zero-order valence-electron chi connectivity index (χ0n) is 11.9. The maximum Gasteiger partial charge on any atom is 0.101 e. The minimum Gasteiger partial charge on any atom is -0.192 e. The highest BCUT2D eigenvalue weighted by molar-refractivity contribution is 5.95. The lowest BCUT2D eigenvalue weighted by molar-refractivity contribution is 0.845. The quantitative estimate of drug-likeness (QED) is 0.668. The lowest BCUT2D eigenvalue weighted by Gasteiger charge is -2.14. The Kier molecular flexibility index (Phi) is 2.71. The van der Waals surface area contributed by atoms with Crippen LogP contribution < -0.4 is 0 Å². The van der Waals surface area contributed by atoms with Crippen molar-refractivity contribution in [3.8, 4) is 12.1 Å². The summed E-state index contributed by atoms with van der Waals surface area (Å²) in [5.41, 5.74) is 4.51. The van der Waals surface area contributed by atoms with E-state index in [4.69, 9.17) is 0 Å². The van der Waals surface area contributed by atoms with Gasteiger partial charge in [-0.25, -0.2) is 0 Å². The fourth-order valence-electron chi connectivity index (χ4n) is 3.59. The van der Waals surface area contributed by atoms with Crippen LogP contribution in [0.25, 0.3) is 10.8 Å². The van der Waals surface area contributed by atoms with Crippen molar-refractivity contribution >= 4 is 10.8 Å². The lowest BCUT2D eigenvalue weighted by Crippen LogP contribution is -2.02. The second-order valence-corrected chi connectivity index (χ2v) is 5.62. The number of hydrogen-bond acceptors (Lipinski definition) is 2. The van der Waals surface area contributed by atoms with Crippen molar-refractivity contribution in [2.75, 3.05) is 0 Å². The van der Waals surface area contributed by atoms with Gasteiger partial charge in [0.1, 0.15) is 12.1 Å². The van der Waals surface area contributed by atoms with Crippen molar-refractivity contribution in [2.24, 2.45) is 0 Å². The zero-order valence-corrected chi connectivity index (χ0v) is 11.9. The van der Waals surface area contributed by atoms with Crippen LogP contribution in [-0.2, 0) is 6.42 Å². The summed E-state index contributed by atoms with van der Waals surface area (Å²) in [6.45, 7) is 0. The van der Waals surface area contributed by atoms with Crippen LogP contribution in [0.3, 0.4) is 0 Å². The van der Waals surface area contributed by atoms with E-state index in [1.165, 1.54) is 11.1 Å². The molecule has 22 heavy (non-hydrogen) atoms. The number of nitrogens with zero attached hydrogens (tertiary/aromatic N) is 2. The van der Waals surface area contributed by atoms with Gasteiger partial charge in [0.25, 0.3) is 0 Å². The molecule has 0 bridgehead atoms. The van der Waals surface area contributed by atoms with Gasteiger partial charge in [0.2, 0.25) is 0 Å². The Balaban J connectivity index is 2.10. The Morgan fingerprint density at radius 3 is 2.45 bits per heavy atom. The normalized spacial score (nSPS) is 15.5. The highest BCUT2D eigenvalue weighted by Gasteiger charge is 2.30. The van der Waals surface area contributed by atoms with Gasteiger partial charge in [0.15, 0.2) is 0 Å².